The standard InChI is InChI=1S/C17H34N4/c1-14(2)17-13-20-7-5-6-15(20)11-21(17)12-16-10-18(3)8-9-19(16)4/h14-17H,5-13H2,1-4H3. The lowest BCUT2D eigenvalue weighted by Gasteiger charge is -2.48. The van der Waals surface area contributed by atoms with Gasteiger partial charge in [-0.1, -0.05) is 13.8 Å². The van der Waals surface area contributed by atoms with Gasteiger partial charge in [0, 0.05) is 57.4 Å². The lowest BCUT2D eigenvalue weighted by molar-refractivity contribution is -0.000718. The van der Waals surface area contributed by atoms with E-state index in [2.05, 4.69) is 47.5 Å². The average Bonchev–Trinajstić information content (AvgIpc) is 2.89. The Hall–Kier alpha value is -0.160. The number of nitrogens with zero attached hydrogens (tertiary/aromatic N) is 4. The second-order valence-electron chi connectivity index (χ2n) is 7.95. The van der Waals surface area contributed by atoms with Crippen LogP contribution in [0.25, 0.3) is 0 Å². The van der Waals surface area contributed by atoms with E-state index in [-0.39, 0.29) is 0 Å². The average molecular weight is 294 g/mol. The maximum absolute atomic E-state index is 2.83. The van der Waals surface area contributed by atoms with Crippen molar-refractivity contribution in [1.82, 2.24) is 19.6 Å². The van der Waals surface area contributed by atoms with Gasteiger partial charge in [-0.05, 0) is 39.4 Å². The van der Waals surface area contributed by atoms with Gasteiger partial charge < -0.3 is 4.90 Å². The van der Waals surface area contributed by atoms with Crippen LogP contribution in [0.1, 0.15) is 26.7 Å². The summed E-state index contributed by atoms with van der Waals surface area (Å²) >= 11 is 0. The van der Waals surface area contributed by atoms with E-state index in [1.165, 1.54) is 58.7 Å². The molecule has 0 bridgehead atoms. The van der Waals surface area contributed by atoms with Crippen LogP contribution in [-0.4, -0.2) is 97.6 Å². The molecule has 0 spiro atoms. The summed E-state index contributed by atoms with van der Waals surface area (Å²) in [6.45, 7) is 13.7. The minimum atomic E-state index is 0.706. The smallest absolute Gasteiger partial charge is 0.0347 e. The van der Waals surface area contributed by atoms with Gasteiger partial charge in [0.15, 0.2) is 0 Å². The van der Waals surface area contributed by atoms with Gasteiger partial charge in [0.25, 0.3) is 0 Å². The minimum Gasteiger partial charge on any atom is -0.303 e. The number of likely N-dealkylation sites (N-methyl/N-ethyl adjacent to an activating group) is 2. The Morgan fingerprint density at radius 3 is 2.57 bits per heavy atom. The summed E-state index contributed by atoms with van der Waals surface area (Å²) < 4.78 is 0. The SMILES string of the molecule is CC(C)C1CN2CCCC2CN1CC1CN(C)CCN1C. The molecule has 0 radical (unpaired) electrons. The van der Waals surface area contributed by atoms with E-state index in [1.807, 2.05) is 0 Å². The second kappa shape index (κ2) is 6.53. The summed E-state index contributed by atoms with van der Waals surface area (Å²) in [5.74, 6) is 0.762. The van der Waals surface area contributed by atoms with Crippen LogP contribution in [0.15, 0.2) is 0 Å². The molecule has 3 saturated heterocycles. The van der Waals surface area contributed by atoms with Crippen molar-refractivity contribution in [1.29, 1.82) is 0 Å². The first kappa shape index (κ1) is 15.7. The Balaban J connectivity index is 1.66. The Morgan fingerprint density at radius 1 is 1.00 bits per heavy atom. The van der Waals surface area contributed by atoms with Gasteiger partial charge in [0.1, 0.15) is 0 Å². The molecule has 0 N–H and O–H groups in total. The van der Waals surface area contributed by atoms with Crippen LogP contribution in [0.4, 0.5) is 0 Å². The van der Waals surface area contributed by atoms with Crippen molar-refractivity contribution in [2.24, 2.45) is 5.92 Å². The summed E-state index contributed by atoms with van der Waals surface area (Å²) in [5.41, 5.74) is 0. The number of piperazine rings is 2. The Morgan fingerprint density at radius 2 is 1.81 bits per heavy atom. The van der Waals surface area contributed by atoms with Gasteiger partial charge in [-0.25, -0.2) is 0 Å². The summed E-state index contributed by atoms with van der Waals surface area (Å²) in [6, 6.07) is 2.30. The highest BCUT2D eigenvalue weighted by Crippen LogP contribution is 2.28. The highest BCUT2D eigenvalue weighted by atomic mass is 15.3. The number of fused-ring (bicyclic) bond motifs is 1. The maximum atomic E-state index is 2.83. The van der Waals surface area contributed by atoms with Crippen molar-refractivity contribution in [2.45, 2.75) is 44.8 Å². The first-order chi connectivity index (χ1) is 10.0. The molecule has 3 atom stereocenters. The Labute approximate surface area is 131 Å². The predicted octanol–water partition coefficient (Wildman–Crippen LogP) is 1.04. The third-order valence-corrected chi connectivity index (χ3v) is 6.03. The predicted molar refractivity (Wildman–Crippen MR) is 88.7 cm³/mol. The molecule has 4 heteroatoms. The van der Waals surface area contributed by atoms with Crippen LogP contribution in [0.2, 0.25) is 0 Å². The van der Waals surface area contributed by atoms with Crippen LogP contribution >= 0.6 is 0 Å². The number of hydrogen-bond donors (Lipinski definition) is 0. The third kappa shape index (κ3) is 3.44. The van der Waals surface area contributed by atoms with Crippen LogP contribution in [0.3, 0.4) is 0 Å². The second-order valence-corrected chi connectivity index (χ2v) is 7.95. The molecule has 0 amide bonds. The molecule has 0 aliphatic carbocycles. The van der Waals surface area contributed by atoms with Gasteiger partial charge in [-0.15, -0.1) is 0 Å². The molecule has 3 rings (SSSR count). The van der Waals surface area contributed by atoms with Gasteiger partial charge in [-0.3, -0.25) is 14.7 Å². The zero-order valence-electron chi connectivity index (χ0n) is 14.5. The normalized spacial score (nSPS) is 37.3. The first-order valence-corrected chi connectivity index (χ1v) is 8.91. The molecule has 0 saturated carbocycles. The van der Waals surface area contributed by atoms with Gasteiger partial charge in [0.05, 0.1) is 0 Å². The van der Waals surface area contributed by atoms with E-state index in [0.717, 1.165) is 18.0 Å². The molecule has 0 aromatic heterocycles. The summed E-state index contributed by atoms with van der Waals surface area (Å²) in [4.78, 5) is 10.7. The van der Waals surface area contributed by atoms with Gasteiger partial charge >= 0.3 is 0 Å². The molecule has 3 aliphatic rings. The fourth-order valence-corrected chi connectivity index (χ4v) is 4.52. The van der Waals surface area contributed by atoms with Gasteiger partial charge in [0.2, 0.25) is 0 Å². The first-order valence-electron chi connectivity index (χ1n) is 8.91. The molecule has 3 fully saturated rings. The van der Waals surface area contributed by atoms with Crippen molar-refractivity contribution >= 4 is 0 Å². The molecule has 122 valence electrons. The van der Waals surface area contributed by atoms with Crippen molar-refractivity contribution in [3.63, 3.8) is 0 Å². The molecule has 0 aromatic rings. The van der Waals surface area contributed by atoms with Crippen LogP contribution < -0.4 is 0 Å². The maximum Gasteiger partial charge on any atom is 0.0347 e. The zero-order chi connectivity index (χ0) is 15.0. The molecular formula is C17H34N4. The third-order valence-electron chi connectivity index (χ3n) is 6.03. The molecule has 3 unspecified atom stereocenters. The van der Waals surface area contributed by atoms with Crippen LogP contribution in [0.5, 0.6) is 0 Å². The highest BCUT2D eigenvalue weighted by Gasteiger charge is 2.38. The van der Waals surface area contributed by atoms with E-state index in [9.17, 15) is 0 Å². The topological polar surface area (TPSA) is 13.0 Å². The summed E-state index contributed by atoms with van der Waals surface area (Å²) in [6.07, 6.45) is 2.83. The lowest BCUT2D eigenvalue weighted by Crippen LogP contribution is -2.62. The molecule has 4 nitrogen and oxygen atoms in total. The Bertz CT molecular complexity index is 346. The summed E-state index contributed by atoms with van der Waals surface area (Å²) in [7, 11) is 4.59. The number of hydrogen-bond acceptors (Lipinski definition) is 4. The highest BCUT2D eigenvalue weighted by molar-refractivity contribution is 4.95. The van der Waals surface area contributed by atoms with Crippen LogP contribution in [-0.2, 0) is 0 Å². The monoisotopic (exact) mass is 294 g/mol. The molecule has 21 heavy (non-hydrogen) atoms. The fraction of sp³-hybridized carbons (Fsp3) is 1.00. The van der Waals surface area contributed by atoms with E-state index in [0.29, 0.717) is 6.04 Å². The largest absolute Gasteiger partial charge is 0.303 e. The quantitative estimate of drug-likeness (QED) is 0.771. The van der Waals surface area contributed by atoms with E-state index < -0.39 is 0 Å². The molecule has 3 heterocycles. The minimum absolute atomic E-state index is 0.706. The van der Waals surface area contributed by atoms with Crippen molar-refractivity contribution in [3.05, 3.63) is 0 Å². The molecule has 0 aromatic carbocycles. The Kier molecular flexibility index (Phi) is 4.89. The van der Waals surface area contributed by atoms with E-state index in [4.69, 9.17) is 0 Å². The number of rotatable bonds is 3. The molecular weight excluding hydrogens is 260 g/mol. The molecule has 3 aliphatic heterocycles. The van der Waals surface area contributed by atoms with Crippen molar-refractivity contribution in [3.8, 4) is 0 Å². The van der Waals surface area contributed by atoms with Crippen LogP contribution in [0, 0.1) is 5.92 Å². The zero-order valence-corrected chi connectivity index (χ0v) is 14.5. The van der Waals surface area contributed by atoms with Gasteiger partial charge in [-0.2, -0.15) is 0 Å². The summed E-state index contributed by atoms with van der Waals surface area (Å²) in [5, 5.41) is 0. The van der Waals surface area contributed by atoms with Crippen molar-refractivity contribution in [2.75, 3.05) is 59.9 Å². The fourth-order valence-electron chi connectivity index (χ4n) is 4.52. The van der Waals surface area contributed by atoms with E-state index >= 15 is 0 Å². The van der Waals surface area contributed by atoms with Crippen molar-refractivity contribution < 1.29 is 0 Å². The van der Waals surface area contributed by atoms with E-state index in [1.54, 1.807) is 0 Å². The lowest BCUT2D eigenvalue weighted by atomic mass is 9.96.